The smallest absolute Gasteiger partial charge is 0.270 e. The van der Waals surface area contributed by atoms with Crippen molar-refractivity contribution >= 4 is 29.5 Å². The number of hydrogen-bond acceptors (Lipinski definition) is 6. The van der Waals surface area contributed by atoms with Crippen LogP contribution in [0.2, 0.25) is 0 Å². The largest absolute Gasteiger partial charge is 0.357 e. The highest BCUT2D eigenvalue weighted by Gasteiger charge is 2.30. The third-order valence-electron chi connectivity index (χ3n) is 6.77. The van der Waals surface area contributed by atoms with E-state index < -0.39 is 12.1 Å². The minimum Gasteiger partial charge on any atom is -0.357 e. The summed E-state index contributed by atoms with van der Waals surface area (Å²) in [5.74, 6) is 1.35. The molecule has 3 aromatic rings. The highest BCUT2D eigenvalue weighted by molar-refractivity contribution is 7.98. The quantitative estimate of drug-likeness (QED) is 0.432. The van der Waals surface area contributed by atoms with Crippen molar-refractivity contribution in [2.75, 3.05) is 25.1 Å². The molecule has 4 rings (SSSR count). The number of hydrogen-bond donors (Lipinski definition) is 3. The van der Waals surface area contributed by atoms with E-state index >= 15 is 0 Å². The number of benzene rings is 1. The molecule has 2 atom stereocenters. The van der Waals surface area contributed by atoms with Gasteiger partial charge in [-0.3, -0.25) is 14.4 Å². The van der Waals surface area contributed by atoms with Crippen LogP contribution in [-0.2, 0) is 16.1 Å². The van der Waals surface area contributed by atoms with Gasteiger partial charge in [0.15, 0.2) is 11.6 Å². The molecule has 0 aliphatic carbocycles. The Kier molecular flexibility index (Phi) is 9.80. The van der Waals surface area contributed by atoms with E-state index in [9.17, 15) is 14.4 Å². The minimum absolute atomic E-state index is 0.00184. The molecule has 39 heavy (non-hydrogen) atoms. The number of H-pyrrole nitrogens is 1. The maximum absolute atomic E-state index is 13.5. The molecule has 0 bridgehead atoms. The van der Waals surface area contributed by atoms with Crippen LogP contribution in [-0.4, -0.2) is 73.5 Å². The second-order valence-electron chi connectivity index (χ2n) is 9.99. The number of nitrogens with zero attached hydrogens (tertiary/aromatic N) is 4. The van der Waals surface area contributed by atoms with Crippen LogP contribution in [0.25, 0.3) is 11.4 Å². The number of aromatic nitrogens is 4. The Bertz CT molecular complexity index is 1240. The van der Waals surface area contributed by atoms with Gasteiger partial charge in [-0.15, -0.1) is 0 Å². The predicted octanol–water partition coefficient (Wildman–Crippen LogP) is 3.26. The molecular formula is C28H37N7O3S. The van der Waals surface area contributed by atoms with Gasteiger partial charge in [0.05, 0.1) is 12.6 Å². The zero-order chi connectivity index (χ0) is 27.8. The third-order valence-corrected chi connectivity index (χ3v) is 7.41. The molecular weight excluding hydrogens is 514 g/mol. The molecule has 0 saturated heterocycles. The maximum Gasteiger partial charge on any atom is 0.270 e. The number of aromatic amines is 1. The van der Waals surface area contributed by atoms with Crippen molar-refractivity contribution < 1.29 is 14.4 Å². The number of thioether (sulfide) groups is 1. The van der Waals surface area contributed by atoms with Gasteiger partial charge in [0.25, 0.3) is 5.91 Å². The first-order valence-corrected chi connectivity index (χ1v) is 14.8. The van der Waals surface area contributed by atoms with Gasteiger partial charge >= 0.3 is 0 Å². The Hall–Kier alpha value is -3.60. The van der Waals surface area contributed by atoms with Crippen molar-refractivity contribution in [2.24, 2.45) is 5.92 Å². The molecule has 0 fully saturated rings. The number of carbonyl (C=O) groups is 3. The lowest BCUT2D eigenvalue weighted by Crippen LogP contribution is -2.49. The van der Waals surface area contributed by atoms with Crippen molar-refractivity contribution in [1.82, 2.24) is 35.3 Å². The van der Waals surface area contributed by atoms with E-state index in [4.69, 9.17) is 10.1 Å². The summed E-state index contributed by atoms with van der Waals surface area (Å²) in [5, 5.41) is 10.9. The molecule has 0 spiro atoms. The van der Waals surface area contributed by atoms with Crippen LogP contribution in [0.3, 0.4) is 0 Å². The monoisotopic (exact) mass is 551 g/mol. The summed E-state index contributed by atoms with van der Waals surface area (Å²) in [6.45, 7) is 5.20. The number of rotatable bonds is 6. The van der Waals surface area contributed by atoms with Crippen LogP contribution in [0.4, 0.5) is 0 Å². The molecule has 0 saturated carbocycles. The van der Waals surface area contributed by atoms with E-state index in [0.29, 0.717) is 49.8 Å². The second kappa shape index (κ2) is 13.5. The summed E-state index contributed by atoms with van der Waals surface area (Å²) < 4.78 is 1.81. The van der Waals surface area contributed by atoms with Gasteiger partial charge in [-0.05, 0) is 42.9 Å². The van der Waals surface area contributed by atoms with Crippen LogP contribution in [0.15, 0.2) is 48.7 Å². The Labute approximate surface area is 233 Å². The number of fused-ring (bicyclic) bond motifs is 1. The van der Waals surface area contributed by atoms with E-state index in [1.165, 1.54) is 0 Å². The van der Waals surface area contributed by atoms with Crippen molar-refractivity contribution in [3.63, 3.8) is 0 Å². The average molecular weight is 552 g/mol. The normalized spacial score (nSPS) is 19.2. The molecule has 11 heteroatoms. The Morgan fingerprint density at radius 1 is 1.08 bits per heavy atom. The molecule has 3 heterocycles. The summed E-state index contributed by atoms with van der Waals surface area (Å²) in [4.78, 5) is 49.2. The van der Waals surface area contributed by atoms with Crippen LogP contribution in [0, 0.1) is 5.92 Å². The zero-order valence-electron chi connectivity index (χ0n) is 22.7. The summed E-state index contributed by atoms with van der Waals surface area (Å²) in [5.41, 5.74) is 1.36. The molecule has 1 aliphatic heterocycles. The Balaban J connectivity index is 1.72. The standard InChI is InChI=1S/C28H37N7O3S/c1-19(2)24-26-32-25(20-9-5-4-6-10-20)33-35(26)17-16-34(28(38)22-11-7-14-29-22)15-8-12-23(36)30-21(13-18-39-3)27(37)31-24/h4-7,9-11,14,19,21,24,29H,8,12-13,15-18H2,1-3H3,(H,30,36)(H,31,37)/t21-,24+/m0/s1. The maximum atomic E-state index is 13.5. The van der Waals surface area contributed by atoms with Crippen molar-refractivity contribution in [2.45, 2.75) is 51.7 Å². The van der Waals surface area contributed by atoms with E-state index in [2.05, 4.69) is 15.6 Å². The summed E-state index contributed by atoms with van der Waals surface area (Å²) in [7, 11) is 0. The van der Waals surface area contributed by atoms with E-state index in [-0.39, 0.29) is 30.1 Å². The lowest BCUT2D eigenvalue weighted by Gasteiger charge is -2.27. The molecule has 3 amide bonds. The Morgan fingerprint density at radius 2 is 1.87 bits per heavy atom. The van der Waals surface area contributed by atoms with Crippen molar-refractivity contribution in [1.29, 1.82) is 0 Å². The van der Waals surface area contributed by atoms with Crippen LogP contribution >= 0.6 is 11.8 Å². The zero-order valence-corrected chi connectivity index (χ0v) is 23.5. The molecule has 3 N–H and O–H groups in total. The summed E-state index contributed by atoms with van der Waals surface area (Å²) in [6, 6.07) is 12.1. The predicted molar refractivity (Wildman–Crippen MR) is 152 cm³/mol. The topological polar surface area (TPSA) is 125 Å². The van der Waals surface area contributed by atoms with Gasteiger partial charge in [0, 0.05) is 31.3 Å². The molecule has 1 aliphatic rings. The third kappa shape index (κ3) is 7.29. The SMILES string of the molecule is CSCC[C@@H]1NC(=O)CCCN(C(=O)c2ccc[nH]2)CCn2nc(-c3ccccc3)nc2[C@@H](C(C)C)NC1=O. The van der Waals surface area contributed by atoms with Gasteiger partial charge in [-0.25, -0.2) is 9.67 Å². The van der Waals surface area contributed by atoms with Gasteiger partial charge in [-0.1, -0.05) is 44.2 Å². The summed E-state index contributed by atoms with van der Waals surface area (Å²) >= 11 is 1.63. The van der Waals surface area contributed by atoms with Gasteiger partial charge in [0.1, 0.15) is 11.7 Å². The molecule has 0 radical (unpaired) electrons. The van der Waals surface area contributed by atoms with Gasteiger partial charge in [0.2, 0.25) is 11.8 Å². The van der Waals surface area contributed by atoms with Crippen LogP contribution in [0.1, 0.15) is 55.5 Å². The van der Waals surface area contributed by atoms with Gasteiger partial charge in [-0.2, -0.15) is 16.9 Å². The number of amides is 3. The van der Waals surface area contributed by atoms with E-state index in [0.717, 1.165) is 11.3 Å². The fraction of sp³-hybridized carbons (Fsp3) is 0.464. The van der Waals surface area contributed by atoms with Crippen LogP contribution in [0.5, 0.6) is 0 Å². The van der Waals surface area contributed by atoms with Crippen LogP contribution < -0.4 is 10.6 Å². The first-order chi connectivity index (χ1) is 18.9. The minimum atomic E-state index is -0.657. The molecule has 208 valence electrons. The van der Waals surface area contributed by atoms with E-state index in [1.54, 1.807) is 35.0 Å². The molecule has 2 aromatic heterocycles. The molecule has 0 unspecified atom stereocenters. The number of carbonyl (C=O) groups excluding carboxylic acids is 3. The first kappa shape index (κ1) is 28.4. The van der Waals surface area contributed by atoms with Crippen molar-refractivity contribution in [3.05, 3.63) is 60.2 Å². The highest BCUT2D eigenvalue weighted by Crippen LogP contribution is 2.25. The second-order valence-corrected chi connectivity index (χ2v) is 11.0. The first-order valence-electron chi connectivity index (χ1n) is 13.4. The fourth-order valence-electron chi connectivity index (χ4n) is 4.61. The van der Waals surface area contributed by atoms with Gasteiger partial charge < -0.3 is 20.5 Å². The van der Waals surface area contributed by atoms with E-state index in [1.807, 2.05) is 55.1 Å². The average Bonchev–Trinajstić information content (AvgIpc) is 3.62. The Morgan fingerprint density at radius 3 is 2.56 bits per heavy atom. The van der Waals surface area contributed by atoms with Crippen molar-refractivity contribution in [3.8, 4) is 11.4 Å². The molecule has 1 aromatic carbocycles. The highest BCUT2D eigenvalue weighted by atomic mass is 32.2. The number of nitrogens with one attached hydrogen (secondary N) is 3. The fourth-order valence-corrected chi connectivity index (χ4v) is 5.08. The lowest BCUT2D eigenvalue weighted by atomic mass is 10.0. The lowest BCUT2D eigenvalue weighted by molar-refractivity contribution is -0.129. The molecule has 10 nitrogen and oxygen atoms in total. The summed E-state index contributed by atoms with van der Waals surface area (Å²) in [6.07, 6.45) is 4.91.